The predicted molar refractivity (Wildman–Crippen MR) is 86.1 cm³/mol. The highest BCUT2D eigenvalue weighted by Crippen LogP contribution is 2.19. The summed E-state index contributed by atoms with van der Waals surface area (Å²) in [4.78, 5) is 2.22. The van der Waals surface area contributed by atoms with Crippen LogP contribution in [0.5, 0.6) is 0 Å². The van der Waals surface area contributed by atoms with Crippen LogP contribution in [0.1, 0.15) is 19.6 Å². The molecule has 3 rings (SSSR count). The van der Waals surface area contributed by atoms with E-state index in [4.69, 9.17) is 9.15 Å². The molecule has 2 saturated heterocycles. The normalized spacial score (nSPS) is 29.0. The van der Waals surface area contributed by atoms with Crippen LogP contribution in [0.25, 0.3) is 0 Å². The molecule has 23 heavy (non-hydrogen) atoms. The molecular weight excluding hydrogens is 318 g/mol. The Hall–Kier alpha value is -0.930. The molecule has 1 aromatic heterocycles. The minimum atomic E-state index is -3.40. The molecule has 0 saturated carbocycles. The quantitative estimate of drug-likeness (QED) is 0.807. The van der Waals surface area contributed by atoms with Crippen molar-refractivity contribution in [2.75, 3.05) is 39.3 Å². The Morgan fingerprint density at radius 2 is 1.74 bits per heavy atom. The molecular formula is C15H25N3O4S. The molecule has 1 aromatic rings. The summed E-state index contributed by atoms with van der Waals surface area (Å²) in [5.41, 5.74) is 0. The van der Waals surface area contributed by atoms with Crippen molar-refractivity contribution in [1.82, 2.24) is 13.5 Å². The second-order valence-corrected chi connectivity index (χ2v) is 8.27. The van der Waals surface area contributed by atoms with E-state index in [-0.39, 0.29) is 12.2 Å². The summed E-state index contributed by atoms with van der Waals surface area (Å²) in [6.07, 6.45) is 1.54. The SMILES string of the molecule is C[C@H]1CN(S(=O)(=O)N2CCN(Cc3ccco3)CC2)C[C@H](C)O1. The van der Waals surface area contributed by atoms with Crippen LogP contribution in [-0.4, -0.2) is 73.4 Å². The van der Waals surface area contributed by atoms with Crippen LogP contribution in [0.15, 0.2) is 22.8 Å². The van der Waals surface area contributed by atoms with E-state index in [1.165, 1.54) is 0 Å². The summed E-state index contributed by atoms with van der Waals surface area (Å²) in [7, 11) is -3.40. The molecule has 0 unspecified atom stereocenters. The predicted octanol–water partition coefficient (Wildman–Crippen LogP) is 0.751. The molecule has 2 aliphatic heterocycles. The van der Waals surface area contributed by atoms with Gasteiger partial charge in [-0.25, -0.2) is 0 Å². The highest BCUT2D eigenvalue weighted by Gasteiger charge is 2.36. The maximum absolute atomic E-state index is 12.8. The summed E-state index contributed by atoms with van der Waals surface area (Å²) in [5, 5.41) is 0. The lowest BCUT2D eigenvalue weighted by Crippen LogP contribution is -2.56. The van der Waals surface area contributed by atoms with Crippen molar-refractivity contribution in [2.45, 2.75) is 32.6 Å². The number of hydrogen-bond donors (Lipinski definition) is 0. The Bertz CT molecular complexity index is 586. The van der Waals surface area contributed by atoms with E-state index in [0.29, 0.717) is 26.2 Å². The van der Waals surface area contributed by atoms with E-state index < -0.39 is 10.2 Å². The molecule has 2 aliphatic rings. The molecule has 0 amide bonds. The summed E-state index contributed by atoms with van der Waals surface area (Å²) in [6, 6.07) is 3.82. The monoisotopic (exact) mass is 343 g/mol. The molecule has 0 aliphatic carbocycles. The van der Waals surface area contributed by atoms with Gasteiger partial charge >= 0.3 is 0 Å². The van der Waals surface area contributed by atoms with Crippen molar-refractivity contribution in [3.8, 4) is 0 Å². The third-order valence-corrected chi connectivity index (χ3v) is 6.30. The van der Waals surface area contributed by atoms with Gasteiger partial charge in [0.05, 0.1) is 25.0 Å². The maximum atomic E-state index is 12.8. The molecule has 3 heterocycles. The fraction of sp³-hybridized carbons (Fsp3) is 0.733. The average Bonchev–Trinajstić information content (AvgIpc) is 3.00. The van der Waals surface area contributed by atoms with Crippen molar-refractivity contribution in [3.63, 3.8) is 0 Å². The van der Waals surface area contributed by atoms with Crippen LogP contribution in [0.4, 0.5) is 0 Å². The molecule has 0 spiro atoms. The number of rotatable bonds is 4. The third-order valence-electron chi connectivity index (χ3n) is 4.33. The zero-order chi connectivity index (χ0) is 16.4. The summed E-state index contributed by atoms with van der Waals surface area (Å²) < 4.78 is 39.8. The van der Waals surface area contributed by atoms with Gasteiger partial charge in [-0.2, -0.15) is 17.0 Å². The standard InChI is InChI=1S/C15H25N3O4S/c1-13-10-18(11-14(2)22-13)23(19,20)17-7-5-16(6-8-17)12-15-4-3-9-21-15/h3-4,9,13-14H,5-8,10-12H2,1-2H3/t13-,14-/m0/s1. The maximum Gasteiger partial charge on any atom is 0.282 e. The molecule has 2 atom stereocenters. The molecule has 0 aromatic carbocycles. The fourth-order valence-corrected chi connectivity index (χ4v) is 4.97. The van der Waals surface area contributed by atoms with E-state index in [9.17, 15) is 8.42 Å². The second kappa shape index (κ2) is 6.90. The Labute approximate surface area is 138 Å². The van der Waals surface area contributed by atoms with E-state index >= 15 is 0 Å². The van der Waals surface area contributed by atoms with Crippen molar-refractivity contribution in [2.24, 2.45) is 0 Å². The Morgan fingerprint density at radius 1 is 1.09 bits per heavy atom. The smallest absolute Gasteiger partial charge is 0.282 e. The van der Waals surface area contributed by atoms with Gasteiger partial charge in [-0.05, 0) is 26.0 Å². The average molecular weight is 343 g/mol. The lowest BCUT2D eigenvalue weighted by atomic mass is 10.3. The lowest BCUT2D eigenvalue weighted by molar-refractivity contribution is -0.0457. The van der Waals surface area contributed by atoms with E-state index in [1.54, 1.807) is 14.9 Å². The largest absolute Gasteiger partial charge is 0.468 e. The van der Waals surface area contributed by atoms with E-state index in [2.05, 4.69) is 4.90 Å². The molecule has 7 nitrogen and oxygen atoms in total. The Kier molecular flexibility index (Phi) is 5.07. The highest BCUT2D eigenvalue weighted by atomic mass is 32.2. The first kappa shape index (κ1) is 16.9. The van der Waals surface area contributed by atoms with Gasteiger partial charge in [0, 0.05) is 39.3 Å². The topological polar surface area (TPSA) is 66.2 Å². The van der Waals surface area contributed by atoms with Gasteiger partial charge in [-0.1, -0.05) is 0 Å². The summed E-state index contributed by atoms with van der Waals surface area (Å²) in [5.74, 6) is 0.914. The van der Waals surface area contributed by atoms with Crippen molar-refractivity contribution in [1.29, 1.82) is 0 Å². The Morgan fingerprint density at radius 3 is 2.30 bits per heavy atom. The number of furan rings is 1. The van der Waals surface area contributed by atoms with Crippen LogP contribution < -0.4 is 0 Å². The van der Waals surface area contributed by atoms with Gasteiger partial charge in [0.2, 0.25) is 0 Å². The molecule has 2 fully saturated rings. The van der Waals surface area contributed by atoms with E-state index in [1.807, 2.05) is 26.0 Å². The Balaban J connectivity index is 1.57. The van der Waals surface area contributed by atoms with Crippen molar-refractivity contribution >= 4 is 10.2 Å². The third kappa shape index (κ3) is 3.95. The number of hydrogen-bond acceptors (Lipinski definition) is 5. The van der Waals surface area contributed by atoms with Crippen molar-refractivity contribution in [3.05, 3.63) is 24.2 Å². The molecule has 8 heteroatoms. The zero-order valence-electron chi connectivity index (χ0n) is 13.7. The van der Waals surface area contributed by atoms with Crippen LogP contribution in [0.3, 0.4) is 0 Å². The van der Waals surface area contributed by atoms with Crippen LogP contribution in [-0.2, 0) is 21.5 Å². The van der Waals surface area contributed by atoms with Gasteiger partial charge in [-0.15, -0.1) is 0 Å². The molecule has 0 bridgehead atoms. The van der Waals surface area contributed by atoms with Gasteiger partial charge in [0.1, 0.15) is 5.76 Å². The van der Waals surface area contributed by atoms with Crippen LogP contribution in [0.2, 0.25) is 0 Å². The zero-order valence-corrected chi connectivity index (χ0v) is 14.5. The number of ether oxygens (including phenoxy) is 1. The first-order valence-electron chi connectivity index (χ1n) is 8.10. The van der Waals surface area contributed by atoms with E-state index in [0.717, 1.165) is 25.4 Å². The first-order valence-corrected chi connectivity index (χ1v) is 9.50. The number of piperazine rings is 1. The van der Waals surface area contributed by atoms with Gasteiger partial charge < -0.3 is 9.15 Å². The van der Waals surface area contributed by atoms with Crippen LogP contribution >= 0.6 is 0 Å². The lowest BCUT2D eigenvalue weighted by Gasteiger charge is -2.40. The highest BCUT2D eigenvalue weighted by molar-refractivity contribution is 7.86. The second-order valence-electron chi connectivity index (χ2n) is 6.34. The minimum absolute atomic E-state index is 0.0613. The van der Waals surface area contributed by atoms with Gasteiger partial charge in [0.25, 0.3) is 10.2 Å². The summed E-state index contributed by atoms with van der Waals surface area (Å²) in [6.45, 7) is 7.89. The number of nitrogens with zero attached hydrogens (tertiary/aromatic N) is 3. The summed E-state index contributed by atoms with van der Waals surface area (Å²) >= 11 is 0. The minimum Gasteiger partial charge on any atom is -0.468 e. The van der Waals surface area contributed by atoms with Gasteiger partial charge in [0.15, 0.2) is 0 Å². The first-order chi connectivity index (χ1) is 10.9. The van der Waals surface area contributed by atoms with Crippen LogP contribution in [0, 0.1) is 0 Å². The number of morpholine rings is 1. The fourth-order valence-electron chi connectivity index (χ4n) is 3.22. The molecule has 130 valence electrons. The molecule has 0 radical (unpaired) electrons. The van der Waals surface area contributed by atoms with Gasteiger partial charge in [-0.3, -0.25) is 4.90 Å². The van der Waals surface area contributed by atoms with Crippen molar-refractivity contribution < 1.29 is 17.6 Å². The molecule has 0 N–H and O–H groups in total.